The minimum atomic E-state index is -0.361. The molecule has 158 valence electrons. The number of anilines is 2. The van der Waals surface area contributed by atoms with Gasteiger partial charge in [0.1, 0.15) is 0 Å². The van der Waals surface area contributed by atoms with Crippen molar-refractivity contribution in [3.8, 4) is 0 Å². The summed E-state index contributed by atoms with van der Waals surface area (Å²) in [5.41, 5.74) is 3.86. The summed E-state index contributed by atoms with van der Waals surface area (Å²) in [5, 5.41) is 5.67. The van der Waals surface area contributed by atoms with Crippen molar-refractivity contribution in [2.24, 2.45) is 0 Å². The van der Waals surface area contributed by atoms with E-state index in [1.807, 2.05) is 38.1 Å². The molecule has 0 aromatic heterocycles. The molecule has 0 saturated heterocycles. The van der Waals surface area contributed by atoms with Gasteiger partial charge in [0, 0.05) is 18.3 Å². The van der Waals surface area contributed by atoms with Gasteiger partial charge in [0.05, 0.1) is 17.8 Å². The van der Waals surface area contributed by atoms with Gasteiger partial charge in [0.15, 0.2) is 0 Å². The lowest BCUT2D eigenvalue weighted by Crippen LogP contribution is -2.35. The molecule has 3 aromatic rings. The summed E-state index contributed by atoms with van der Waals surface area (Å²) in [4.78, 5) is 39.4. The van der Waals surface area contributed by atoms with E-state index in [-0.39, 0.29) is 24.3 Å². The molecule has 0 aliphatic heterocycles. The van der Waals surface area contributed by atoms with Crippen molar-refractivity contribution in [2.75, 3.05) is 24.2 Å². The topological polar surface area (TPSA) is 78.5 Å². The summed E-state index contributed by atoms with van der Waals surface area (Å²) in [6.07, 6.45) is 0. The molecule has 3 amide bonds. The minimum absolute atomic E-state index is 0.117. The first-order valence-electron chi connectivity index (χ1n) is 9.94. The van der Waals surface area contributed by atoms with Crippen molar-refractivity contribution in [3.05, 3.63) is 95.1 Å². The van der Waals surface area contributed by atoms with E-state index in [9.17, 15) is 14.4 Å². The molecule has 0 unspecified atom stereocenters. The highest BCUT2D eigenvalue weighted by molar-refractivity contribution is 6.09. The minimum Gasteiger partial charge on any atom is -0.332 e. The second-order valence-corrected chi connectivity index (χ2v) is 7.34. The van der Waals surface area contributed by atoms with Gasteiger partial charge >= 0.3 is 0 Å². The van der Waals surface area contributed by atoms with Gasteiger partial charge in [0.25, 0.3) is 11.8 Å². The van der Waals surface area contributed by atoms with E-state index in [2.05, 4.69) is 10.6 Å². The quantitative estimate of drug-likeness (QED) is 0.631. The molecule has 0 spiro atoms. The molecule has 0 radical (unpaired) electrons. The number of hydrogen-bond donors (Lipinski definition) is 2. The first-order valence-corrected chi connectivity index (χ1v) is 9.94. The molecular formula is C25H25N3O3. The zero-order valence-electron chi connectivity index (χ0n) is 17.8. The molecule has 0 atom stereocenters. The zero-order chi connectivity index (χ0) is 22.4. The maximum Gasteiger partial charge on any atom is 0.256 e. The van der Waals surface area contributed by atoms with Crippen LogP contribution in [0.4, 0.5) is 11.4 Å². The largest absolute Gasteiger partial charge is 0.332 e. The van der Waals surface area contributed by atoms with E-state index in [0.29, 0.717) is 16.8 Å². The van der Waals surface area contributed by atoms with Crippen LogP contribution in [0.1, 0.15) is 31.8 Å². The third kappa shape index (κ3) is 5.36. The van der Waals surface area contributed by atoms with Crippen LogP contribution in [0.2, 0.25) is 0 Å². The standard InChI is InChI=1S/C25H25N3O3/c1-17-10-9-11-18(2)23(17)27-22(29)16-28(3)25(31)20-14-7-8-15-21(20)26-24(30)19-12-5-4-6-13-19/h4-15H,16H2,1-3H3,(H,26,30)(H,27,29). The van der Waals surface area contributed by atoms with E-state index in [1.165, 1.54) is 4.90 Å². The number of nitrogens with zero attached hydrogens (tertiary/aromatic N) is 1. The lowest BCUT2D eigenvalue weighted by molar-refractivity contribution is -0.116. The van der Waals surface area contributed by atoms with E-state index >= 15 is 0 Å². The summed E-state index contributed by atoms with van der Waals surface area (Å²) in [5.74, 6) is -0.962. The summed E-state index contributed by atoms with van der Waals surface area (Å²) < 4.78 is 0. The van der Waals surface area contributed by atoms with Crippen molar-refractivity contribution in [1.29, 1.82) is 0 Å². The molecule has 0 bridgehead atoms. The van der Waals surface area contributed by atoms with Gasteiger partial charge in [-0.15, -0.1) is 0 Å². The van der Waals surface area contributed by atoms with Crippen LogP contribution in [0.15, 0.2) is 72.8 Å². The van der Waals surface area contributed by atoms with Crippen LogP contribution in [-0.4, -0.2) is 36.2 Å². The Labute approximate surface area is 181 Å². The molecule has 0 fully saturated rings. The van der Waals surface area contributed by atoms with Crippen molar-refractivity contribution in [1.82, 2.24) is 4.90 Å². The average Bonchev–Trinajstić information content (AvgIpc) is 2.77. The molecule has 0 heterocycles. The van der Waals surface area contributed by atoms with E-state index in [4.69, 9.17) is 0 Å². The smallest absolute Gasteiger partial charge is 0.256 e. The molecule has 2 N–H and O–H groups in total. The Morgan fingerprint density at radius 2 is 1.39 bits per heavy atom. The van der Waals surface area contributed by atoms with Gasteiger partial charge in [-0.3, -0.25) is 14.4 Å². The number of rotatable bonds is 6. The SMILES string of the molecule is Cc1cccc(C)c1NC(=O)CN(C)C(=O)c1ccccc1NC(=O)c1ccccc1. The van der Waals surface area contributed by atoms with Crippen LogP contribution in [0.25, 0.3) is 0 Å². The van der Waals surface area contributed by atoms with E-state index < -0.39 is 0 Å². The van der Waals surface area contributed by atoms with Crippen molar-refractivity contribution >= 4 is 29.1 Å². The molecule has 0 aliphatic carbocycles. The zero-order valence-corrected chi connectivity index (χ0v) is 17.8. The number of aryl methyl sites for hydroxylation is 2. The highest BCUT2D eigenvalue weighted by atomic mass is 16.2. The van der Waals surface area contributed by atoms with Gasteiger partial charge in [0.2, 0.25) is 5.91 Å². The number of nitrogens with one attached hydrogen (secondary N) is 2. The Bertz CT molecular complexity index is 1090. The number of amides is 3. The number of carbonyl (C=O) groups excluding carboxylic acids is 3. The Balaban J connectivity index is 1.71. The third-order valence-corrected chi connectivity index (χ3v) is 4.91. The van der Waals surface area contributed by atoms with Crippen molar-refractivity contribution in [2.45, 2.75) is 13.8 Å². The maximum atomic E-state index is 13.0. The first kappa shape index (κ1) is 21.8. The Hall–Kier alpha value is -3.93. The van der Waals surface area contributed by atoms with Gasteiger partial charge in [-0.2, -0.15) is 0 Å². The Kier molecular flexibility index (Phi) is 6.82. The second-order valence-electron chi connectivity index (χ2n) is 7.34. The van der Waals surface area contributed by atoms with Crippen LogP contribution in [0.3, 0.4) is 0 Å². The van der Waals surface area contributed by atoms with Gasteiger partial charge in [-0.25, -0.2) is 0 Å². The Morgan fingerprint density at radius 1 is 0.774 bits per heavy atom. The summed E-state index contributed by atoms with van der Waals surface area (Å²) >= 11 is 0. The van der Waals surface area contributed by atoms with Crippen LogP contribution in [0, 0.1) is 13.8 Å². The number of likely N-dealkylation sites (N-methyl/N-ethyl adjacent to an activating group) is 1. The fourth-order valence-corrected chi connectivity index (χ4v) is 3.25. The van der Waals surface area contributed by atoms with E-state index in [0.717, 1.165) is 16.8 Å². The van der Waals surface area contributed by atoms with Crippen LogP contribution < -0.4 is 10.6 Å². The predicted octanol–water partition coefficient (Wildman–Crippen LogP) is 4.27. The van der Waals surface area contributed by atoms with Crippen molar-refractivity contribution < 1.29 is 14.4 Å². The van der Waals surface area contributed by atoms with Crippen molar-refractivity contribution in [3.63, 3.8) is 0 Å². The number of benzene rings is 3. The molecule has 3 rings (SSSR count). The van der Waals surface area contributed by atoms with Crippen LogP contribution in [-0.2, 0) is 4.79 Å². The molecular weight excluding hydrogens is 390 g/mol. The van der Waals surface area contributed by atoms with Gasteiger partial charge in [-0.05, 0) is 49.2 Å². The molecule has 6 nitrogen and oxygen atoms in total. The number of hydrogen-bond acceptors (Lipinski definition) is 3. The fourth-order valence-electron chi connectivity index (χ4n) is 3.25. The summed E-state index contributed by atoms with van der Waals surface area (Å²) in [7, 11) is 1.56. The van der Waals surface area contributed by atoms with E-state index in [1.54, 1.807) is 55.6 Å². The Morgan fingerprint density at radius 3 is 2.06 bits per heavy atom. The normalized spacial score (nSPS) is 10.3. The summed E-state index contributed by atoms with van der Waals surface area (Å²) in [6, 6.07) is 21.3. The predicted molar refractivity (Wildman–Crippen MR) is 122 cm³/mol. The summed E-state index contributed by atoms with van der Waals surface area (Å²) in [6.45, 7) is 3.72. The number of carbonyl (C=O) groups is 3. The molecule has 0 saturated carbocycles. The third-order valence-electron chi connectivity index (χ3n) is 4.91. The lowest BCUT2D eigenvalue weighted by Gasteiger charge is -2.20. The lowest BCUT2D eigenvalue weighted by atomic mass is 10.1. The molecule has 6 heteroatoms. The highest BCUT2D eigenvalue weighted by Crippen LogP contribution is 2.20. The molecule has 3 aromatic carbocycles. The van der Waals surface area contributed by atoms with Gasteiger partial charge in [-0.1, -0.05) is 48.5 Å². The first-order chi connectivity index (χ1) is 14.9. The molecule has 0 aliphatic rings. The highest BCUT2D eigenvalue weighted by Gasteiger charge is 2.20. The average molecular weight is 415 g/mol. The second kappa shape index (κ2) is 9.71. The molecule has 31 heavy (non-hydrogen) atoms. The van der Waals surface area contributed by atoms with Crippen LogP contribution in [0.5, 0.6) is 0 Å². The maximum absolute atomic E-state index is 13.0. The number of para-hydroxylation sites is 2. The fraction of sp³-hybridized carbons (Fsp3) is 0.160. The van der Waals surface area contributed by atoms with Gasteiger partial charge < -0.3 is 15.5 Å². The monoisotopic (exact) mass is 415 g/mol. The van der Waals surface area contributed by atoms with Crippen LogP contribution >= 0.6 is 0 Å².